The van der Waals surface area contributed by atoms with Crippen molar-refractivity contribution >= 4 is 24.0 Å². The Morgan fingerprint density at radius 2 is 2.11 bits per heavy atom. The minimum Gasteiger partial charge on any atom is -0.307 e. The van der Waals surface area contributed by atoms with Crippen LogP contribution in [-0.4, -0.2) is 4.57 Å². The first-order valence-electron chi connectivity index (χ1n) is 6.51. The first kappa shape index (κ1) is 14.4. The van der Waals surface area contributed by atoms with Crippen LogP contribution >= 0.6 is 24.0 Å². The molecule has 0 saturated heterocycles. The second kappa shape index (κ2) is 6.44. The zero-order valence-corrected chi connectivity index (χ0v) is 13.0. The first-order valence-corrected chi connectivity index (χ1v) is 8.02. The summed E-state index contributed by atoms with van der Waals surface area (Å²) in [5.74, 6) is 1.08. The Hall–Kier alpha value is -1.00. The number of pyridine rings is 1. The van der Waals surface area contributed by atoms with Crippen LogP contribution in [0.5, 0.6) is 0 Å². The Labute approximate surface area is 123 Å². The highest BCUT2D eigenvalue weighted by molar-refractivity contribution is 7.79. The molecule has 102 valence electrons. The van der Waals surface area contributed by atoms with Gasteiger partial charge in [0.05, 0.1) is 10.6 Å². The third-order valence-electron chi connectivity index (χ3n) is 3.13. The molecule has 2 aromatic heterocycles. The lowest BCUT2D eigenvalue weighted by atomic mass is 10.1. The van der Waals surface area contributed by atoms with E-state index in [1.165, 1.54) is 0 Å². The Morgan fingerprint density at radius 3 is 2.68 bits per heavy atom. The summed E-state index contributed by atoms with van der Waals surface area (Å²) in [7, 11) is 0. The zero-order valence-electron chi connectivity index (χ0n) is 11.3. The fourth-order valence-electron chi connectivity index (χ4n) is 1.99. The average molecular weight is 293 g/mol. The SMILES string of the molecule is CC(C)CCn1c(-c2cccs2)ccc(CS)c1=O. The minimum atomic E-state index is 0.0987. The molecule has 0 radical (unpaired) electrons. The molecule has 0 aliphatic carbocycles. The average Bonchev–Trinajstić information content (AvgIpc) is 2.90. The summed E-state index contributed by atoms with van der Waals surface area (Å²) in [6.07, 6.45) is 1.01. The van der Waals surface area contributed by atoms with Crippen molar-refractivity contribution in [1.82, 2.24) is 4.57 Å². The van der Waals surface area contributed by atoms with Crippen LogP contribution in [-0.2, 0) is 12.3 Å². The number of rotatable bonds is 5. The molecule has 2 heterocycles. The summed E-state index contributed by atoms with van der Waals surface area (Å²) in [5, 5.41) is 2.04. The van der Waals surface area contributed by atoms with Gasteiger partial charge in [-0.1, -0.05) is 26.0 Å². The molecule has 2 rings (SSSR count). The largest absolute Gasteiger partial charge is 0.307 e. The van der Waals surface area contributed by atoms with Gasteiger partial charge in [0.2, 0.25) is 0 Å². The highest BCUT2D eigenvalue weighted by Gasteiger charge is 2.11. The molecule has 0 N–H and O–H groups in total. The van der Waals surface area contributed by atoms with E-state index in [4.69, 9.17) is 0 Å². The molecule has 0 atom stereocenters. The summed E-state index contributed by atoms with van der Waals surface area (Å²) < 4.78 is 1.90. The van der Waals surface area contributed by atoms with Crippen LogP contribution in [0.25, 0.3) is 10.6 Å². The summed E-state index contributed by atoms with van der Waals surface area (Å²) >= 11 is 5.90. The van der Waals surface area contributed by atoms with Crippen molar-refractivity contribution in [3.63, 3.8) is 0 Å². The van der Waals surface area contributed by atoms with Crippen LogP contribution in [0.15, 0.2) is 34.4 Å². The Bertz CT molecular complexity index is 585. The van der Waals surface area contributed by atoms with Gasteiger partial charge in [0, 0.05) is 17.9 Å². The van der Waals surface area contributed by atoms with E-state index in [1.807, 2.05) is 28.1 Å². The maximum atomic E-state index is 12.4. The van der Waals surface area contributed by atoms with Crippen LogP contribution in [0, 0.1) is 5.92 Å². The third-order valence-corrected chi connectivity index (χ3v) is 4.36. The number of hydrogen-bond acceptors (Lipinski definition) is 3. The van der Waals surface area contributed by atoms with Crippen LogP contribution in [0.2, 0.25) is 0 Å². The van der Waals surface area contributed by atoms with E-state index < -0.39 is 0 Å². The van der Waals surface area contributed by atoms with E-state index in [-0.39, 0.29) is 5.56 Å². The van der Waals surface area contributed by atoms with Crippen molar-refractivity contribution < 1.29 is 0 Å². The third kappa shape index (κ3) is 3.31. The van der Waals surface area contributed by atoms with Gasteiger partial charge >= 0.3 is 0 Å². The molecular formula is C15H19NOS2. The second-order valence-corrected chi connectivity index (χ2v) is 6.28. The number of thiophene rings is 1. The van der Waals surface area contributed by atoms with Gasteiger partial charge < -0.3 is 4.57 Å². The number of thiol groups is 1. The van der Waals surface area contributed by atoms with E-state index in [1.54, 1.807) is 11.3 Å². The highest BCUT2D eigenvalue weighted by Crippen LogP contribution is 2.24. The lowest BCUT2D eigenvalue weighted by Crippen LogP contribution is -2.25. The normalized spacial score (nSPS) is 11.2. The van der Waals surface area contributed by atoms with Gasteiger partial charge in [0.15, 0.2) is 0 Å². The Kier molecular flexibility index (Phi) is 4.88. The van der Waals surface area contributed by atoms with E-state index in [2.05, 4.69) is 32.5 Å². The first-order chi connectivity index (χ1) is 9.13. The lowest BCUT2D eigenvalue weighted by molar-refractivity contribution is 0.510. The smallest absolute Gasteiger partial charge is 0.255 e. The van der Waals surface area contributed by atoms with Gasteiger partial charge in [-0.2, -0.15) is 12.6 Å². The van der Waals surface area contributed by atoms with E-state index in [0.29, 0.717) is 11.7 Å². The number of aromatic nitrogens is 1. The van der Waals surface area contributed by atoms with Crippen molar-refractivity contribution in [3.8, 4) is 10.6 Å². The van der Waals surface area contributed by atoms with Crippen LogP contribution in [0.1, 0.15) is 25.8 Å². The van der Waals surface area contributed by atoms with Crippen LogP contribution in [0.3, 0.4) is 0 Å². The van der Waals surface area contributed by atoms with Gasteiger partial charge in [-0.25, -0.2) is 0 Å². The fourth-order valence-corrected chi connectivity index (χ4v) is 2.99. The maximum Gasteiger partial charge on any atom is 0.255 e. The monoisotopic (exact) mass is 293 g/mol. The molecule has 4 heteroatoms. The number of nitrogens with zero attached hydrogens (tertiary/aromatic N) is 1. The summed E-state index contributed by atoms with van der Waals surface area (Å²) in [6.45, 7) is 5.13. The van der Waals surface area contributed by atoms with Gasteiger partial charge in [-0.05, 0) is 29.9 Å². The van der Waals surface area contributed by atoms with Crippen molar-refractivity contribution in [2.24, 2.45) is 5.92 Å². The van der Waals surface area contributed by atoms with Gasteiger partial charge in [-0.15, -0.1) is 11.3 Å². The molecule has 0 spiro atoms. The maximum absolute atomic E-state index is 12.4. The molecule has 0 unspecified atom stereocenters. The standard InChI is InChI=1S/C15H19NOS2/c1-11(2)7-8-16-13(14-4-3-9-19-14)6-5-12(10-18)15(16)17/h3-6,9,11,18H,7-8,10H2,1-2H3. The summed E-state index contributed by atoms with van der Waals surface area (Å²) in [5.41, 5.74) is 1.89. The predicted molar refractivity (Wildman–Crippen MR) is 86.2 cm³/mol. The topological polar surface area (TPSA) is 22.0 Å². The quantitative estimate of drug-likeness (QED) is 0.825. The lowest BCUT2D eigenvalue weighted by Gasteiger charge is -2.14. The minimum absolute atomic E-state index is 0.0987. The predicted octanol–water partition coefficient (Wildman–Crippen LogP) is 4.05. The zero-order chi connectivity index (χ0) is 13.8. The molecule has 0 aromatic carbocycles. The molecule has 0 bridgehead atoms. The molecule has 2 aromatic rings. The van der Waals surface area contributed by atoms with Gasteiger partial charge in [0.1, 0.15) is 0 Å². The second-order valence-electron chi connectivity index (χ2n) is 5.02. The Morgan fingerprint density at radius 1 is 1.32 bits per heavy atom. The van der Waals surface area contributed by atoms with Crippen molar-refractivity contribution in [2.45, 2.75) is 32.6 Å². The molecular weight excluding hydrogens is 274 g/mol. The van der Waals surface area contributed by atoms with Crippen molar-refractivity contribution in [3.05, 3.63) is 45.6 Å². The van der Waals surface area contributed by atoms with Gasteiger partial charge in [-0.3, -0.25) is 4.79 Å². The fraction of sp³-hybridized carbons (Fsp3) is 0.400. The van der Waals surface area contributed by atoms with Crippen LogP contribution in [0.4, 0.5) is 0 Å². The highest BCUT2D eigenvalue weighted by atomic mass is 32.1. The van der Waals surface area contributed by atoms with Crippen LogP contribution < -0.4 is 5.56 Å². The molecule has 0 saturated carbocycles. The van der Waals surface area contributed by atoms with E-state index in [9.17, 15) is 4.79 Å². The number of hydrogen-bond donors (Lipinski definition) is 1. The Balaban J connectivity index is 2.48. The summed E-state index contributed by atoms with van der Waals surface area (Å²) in [6, 6.07) is 8.02. The van der Waals surface area contributed by atoms with E-state index in [0.717, 1.165) is 29.1 Å². The molecule has 0 aliphatic heterocycles. The van der Waals surface area contributed by atoms with E-state index >= 15 is 0 Å². The summed E-state index contributed by atoms with van der Waals surface area (Å²) in [4.78, 5) is 13.6. The molecule has 19 heavy (non-hydrogen) atoms. The molecule has 0 aliphatic rings. The molecule has 0 fully saturated rings. The molecule has 2 nitrogen and oxygen atoms in total. The van der Waals surface area contributed by atoms with Crippen molar-refractivity contribution in [2.75, 3.05) is 0 Å². The van der Waals surface area contributed by atoms with Gasteiger partial charge in [0.25, 0.3) is 5.56 Å². The molecule has 0 amide bonds. The van der Waals surface area contributed by atoms with Crippen molar-refractivity contribution in [1.29, 1.82) is 0 Å².